The SMILES string of the molecule is O[C@H]1C(Cl)=CC=C(Cl)C1(O)O. The zero-order valence-corrected chi connectivity index (χ0v) is 6.84. The molecular formula is C6H6Cl2O3. The zero-order chi connectivity index (χ0) is 8.65. The molecule has 0 saturated heterocycles. The molecule has 11 heavy (non-hydrogen) atoms. The maximum Gasteiger partial charge on any atom is 0.232 e. The molecule has 0 unspecified atom stereocenters. The molecule has 1 aliphatic carbocycles. The van der Waals surface area contributed by atoms with Gasteiger partial charge >= 0.3 is 0 Å². The molecule has 3 N–H and O–H groups in total. The Balaban J connectivity index is 3.03. The Morgan fingerprint density at radius 2 is 1.82 bits per heavy atom. The van der Waals surface area contributed by atoms with Gasteiger partial charge in [0.1, 0.15) is 6.10 Å². The highest BCUT2D eigenvalue weighted by Gasteiger charge is 2.40. The van der Waals surface area contributed by atoms with E-state index in [1.165, 1.54) is 12.2 Å². The fourth-order valence-electron chi connectivity index (χ4n) is 0.689. The normalized spacial score (nSPS) is 29.4. The first-order valence-electron chi connectivity index (χ1n) is 2.82. The number of hydrogen-bond acceptors (Lipinski definition) is 3. The second kappa shape index (κ2) is 2.77. The van der Waals surface area contributed by atoms with Crippen LogP contribution in [0.5, 0.6) is 0 Å². The minimum absolute atomic E-state index is 0.0561. The molecule has 1 aliphatic rings. The van der Waals surface area contributed by atoms with Gasteiger partial charge < -0.3 is 15.3 Å². The molecule has 3 nitrogen and oxygen atoms in total. The van der Waals surface area contributed by atoms with Crippen LogP contribution in [-0.2, 0) is 0 Å². The lowest BCUT2D eigenvalue weighted by Crippen LogP contribution is -2.44. The average Bonchev–Trinajstić information content (AvgIpc) is 1.95. The van der Waals surface area contributed by atoms with E-state index < -0.39 is 11.9 Å². The molecule has 0 heterocycles. The predicted molar refractivity (Wildman–Crippen MR) is 41.0 cm³/mol. The fraction of sp³-hybridized carbons (Fsp3) is 0.333. The van der Waals surface area contributed by atoms with Crippen molar-refractivity contribution in [2.45, 2.75) is 11.9 Å². The second-order valence-corrected chi connectivity index (χ2v) is 3.04. The lowest BCUT2D eigenvalue weighted by Gasteiger charge is -2.28. The Labute approximate surface area is 73.2 Å². The Bertz CT molecular complexity index is 232. The Morgan fingerprint density at radius 1 is 1.27 bits per heavy atom. The van der Waals surface area contributed by atoms with Gasteiger partial charge in [0.05, 0.1) is 10.1 Å². The number of aliphatic hydroxyl groups is 3. The lowest BCUT2D eigenvalue weighted by molar-refractivity contribution is -0.179. The minimum Gasteiger partial charge on any atom is -0.381 e. The maximum atomic E-state index is 9.06. The number of hydrogen-bond donors (Lipinski definition) is 3. The third-order valence-electron chi connectivity index (χ3n) is 1.38. The fourth-order valence-corrected chi connectivity index (χ4v) is 1.07. The highest BCUT2D eigenvalue weighted by molar-refractivity contribution is 6.33. The summed E-state index contributed by atoms with van der Waals surface area (Å²) >= 11 is 10.8. The van der Waals surface area contributed by atoms with Crippen molar-refractivity contribution in [1.82, 2.24) is 0 Å². The topological polar surface area (TPSA) is 60.7 Å². The third kappa shape index (κ3) is 1.43. The summed E-state index contributed by atoms with van der Waals surface area (Å²) in [5, 5.41) is 26.9. The van der Waals surface area contributed by atoms with E-state index in [-0.39, 0.29) is 10.1 Å². The van der Waals surface area contributed by atoms with Gasteiger partial charge in [0.15, 0.2) is 0 Å². The van der Waals surface area contributed by atoms with E-state index in [0.717, 1.165) is 0 Å². The van der Waals surface area contributed by atoms with Crippen LogP contribution in [0.1, 0.15) is 0 Å². The summed E-state index contributed by atoms with van der Waals surface area (Å²) in [7, 11) is 0. The third-order valence-corrected chi connectivity index (χ3v) is 2.12. The molecule has 0 aromatic carbocycles. The molecule has 62 valence electrons. The molecule has 0 radical (unpaired) electrons. The summed E-state index contributed by atoms with van der Waals surface area (Å²) in [5.41, 5.74) is 0. The van der Waals surface area contributed by atoms with Crippen LogP contribution < -0.4 is 0 Å². The van der Waals surface area contributed by atoms with Crippen molar-refractivity contribution in [3.05, 3.63) is 22.2 Å². The van der Waals surface area contributed by atoms with Gasteiger partial charge in [0.2, 0.25) is 5.79 Å². The Morgan fingerprint density at radius 3 is 2.27 bits per heavy atom. The molecule has 0 spiro atoms. The van der Waals surface area contributed by atoms with Crippen LogP contribution in [0.4, 0.5) is 0 Å². The number of aliphatic hydroxyl groups excluding tert-OH is 1. The highest BCUT2D eigenvalue weighted by atomic mass is 35.5. The van der Waals surface area contributed by atoms with Gasteiger partial charge in [-0.1, -0.05) is 23.2 Å². The van der Waals surface area contributed by atoms with Crippen LogP contribution in [0.3, 0.4) is 0 Å². The van der Waals surface area contributed by atoms with Gasteiger partial charge in [0, 0.05) is 0 Å². The number of allylic oxidation sites excluding steroid dienone is 2. The van der Waals surface area contributed by atoms with Gasteiger partial charge in [-0.05, 0) is 12.2 Å². The van der Waals surface area contributed by atoms with Crippen molar-refractivity contribution >= 4 is 23.2 Å². The monoisotopic (exact) mass is 196 g/mol. The summed E-state index contributed by atoms with van der Waals surface area (Å²) in [4.78, 5) is 0. The smallest absolute Gasteiger partial charge is 0.232 e. The molecule has 0 bridgehead atoms. The maximum absolute atomic E-state index is 9.06. The lowest BCUT2D eigenvalue weighted by atomic mass is 10.0. The summed E-state index contributed by atoms with van der Waals surface area (Å²) in [5.74, 6) is -2.45. The number of halogens is 2. The van der Waals surface area contributed by atoms with Crippen molar-refractivity contribution in [3.63, 3.8) is 0 Å². The van der Waals surface area contributed by atoms with Crippen LogP contribution >= 0.6 is 23.2 Å². The van der Waals surface area contributed by atoms with E-state index in [9.17, 15) is 0 Å². The molecule has 0 saturated carbocycles. The van der Waals surface area contributed by atoms with E-state index >= 15 is 0 Å². The molecule has 1 rings (SSSR count). The largest absolute Gasteiger partial charge is 0.381 e. The van der Waals surface area contributed by atoms with Crippen LogP contribution in [-0.4, -0.2) is 27.2 Å². The standard InChI is InChI=1S/C6H6Cl2O3/c7-3-1-2-4(8)6(10,11)5(3)9/h1-2,5,9-11H/t5-/m0/s1. The van der Waals surface area contributed by atoms with E-state index in [2.05, 4.69) is 0 Å². The molecule has 5 heteroatoms. The van der Waals surface area contributed by atoms with Crippen molar-refractivity contribution in [2.24, 2.45) is 0 Å². The minimum atomic E-state index is -2.45. The first-order chi connectivity index (χ1) is 4.96. The quantitative estimate of drug-likeness (QED) is 0.489. The van der Waals surface area contributed by atoms with Crippen LogP contribution in [0.25, 0.3) is 0 Å². The van der Waals surface area contributed by atoms with Crippen molar-refractivity contribution in [1.29, 1.82) is 0 Å². The van der Waals surface area contributed by atoms with Crippen molar-refractivity contribution < 1.29 is 15.3 Å². The van der Waals surface area contributed by atoms with Gasteiger partial charge in [-0.15, -0.1) is 0 Å². The molecule has 0 fully saturated rings. The van der Waals surface area contributed by atoms with Crippen LogP contribution in [0.15, 0.2) is 22.2 Å². The van der Waals surface area contributed by atoms with Gasteiger partial charge in [-0.2, -0.15) is 0 Å². The molecule has 0 aromatic rings. The molecule has 1 atom stereocenters. The van der Waals surface area contributed by atoms with Crippen molar-refractivity contribution in [3.8, 4) is 0 Å². The van der Waals surface area contributed by atoms with Gasteiger partial charge in [0.25, 0.3) is 0 Å². The zero-order valence-electron chi connectivity index (χ0n) is 5.33. The van der Waals surface area contributed by atoms with Crippen LogP contribution in [0.2, 0.25) is 0 Å². The number of rotatable bonds is 0. The average molecular weight is 197 g/mol. The predicted octanol–water partition coefficient (Wildman–Crippen LogP) is 0.287. The van der Waals surface area contributed by atoms with E-state index in [0.29, 0.717) is 0 Å². The summed E-state index contributed by atoms with van der Waals surface area (Å²) in [6.07, 6.45) is 0.956. The van der Waals surface area contributed by atoms with Gasteiger partial charge in [-0.25, -0.2) is 0 Å². The van der Waals surface area contributed by atoms with E-state index in [4.69, 9.17) is 38.5 Å². The second-order valence-electron chi connectivity index (χ2n) is 2.19. The molecular weight excluding hydrogens is 191 g/mol. The van der Waals surface area contributed by atoms with E-state index in [1.807, 2.05) is 0 Å². The molecule has 0 aromatic heterocycles. The Kier molecular flexibility index (Phi) is 2.27. The van der Waals surface area contributed by atoms with Crippen LogP contribution in [0, 0.1) is 0 Å². The summed E-state index contributed by atoms with van der Waals surface area (Å²) in [6, 6.07) is 0. The van der Waals surface area contributed by atoms with E-state index in [1.54, 1.807) is 0 Å². The highest BCUT2D eigenvalue weighted by Crippen LogP contribution is 2.31. The first kappa shape index (κ1) is 9.03. The molecule has 0 amide bonds. The Hall–Kier alpha value is -0.0600. The summed E-state index contributed by atoms with van der Waals surface area (Å²) in [6.45, 7) is 0. The first-order valence-corrected chi connectivity index (χ1v) is 3.58. The van der Waals surface area contributed by atoms with Gasteiger partial charge in [-0.3, -0.25) is 0 Å². The molecule has 0 aliphatic heterocycles. The van der Waals surface area contributed by atoms with Crippen molar-refractivity contribution in [2.75, 3.05) is 0 Å². The summed E-state index contributed by atoms with van der Waals surface area (Å²) < 4.78 is 0.